The lowest BCUT2D eigenvalue weighted by atomic mass is 12.0. The van der Waals surface area contributed by atoms with Crippen molar-refractivity contribution in [3.05, 3.63) is 0 Å². The Labute approximate surface area is 42.3 Å². The van der Waals surface area contributed by atoms with Gasteiger partial charge in [0.25, 0.3) is 0 Å². The lowest BCUT2D eigenvalue weighted by Crippen LogP contribution is -1.25. The Hall–Kier alpha value is 0.550. The van der Waals surface area contributed by atoms with Crippen molar-refractivity contribution in [1.82, 2.24) is 0 Å². The monoisotopic (exact) mass is 141 g/mol. The van der Waals surface area contributed by atoms with Gasteiger partial charge in [-0.05, 0) is 4.57 Å². The van der Waals surface area contributed by atoms with Gasteiger partial charge in [0, 0.05) is 6.26 Å². The third-order valence-electron chi connectivity index (χ3n) is 0.223. The second kappa shape index (κ2) is 3.73. The topological polar surface area (TPSA) is 34.1 Å². The first-order chi connectivity index (χ1) is 2.81. The van der Waals surface area contributed by atoms with E-state index < -0.39 is 6.69 Å². The Morgan fingerprint density at radius 3 is 2.33 bits per heavy atom. The zero-order valence-electron chi connectivity index (χ0n) is 3.12. The van der Waals surface area contributed by atoms with Crippen LogP contribution in [0.3, 0.4) is 0 Å². The molecule has 0 fully saturated rings. The van der Waals surface area contributed by atoms with E-state index in [4.69, 9.17) is 0 Å². The highest BCUT2D eigenvalue weighted by Crippen LogP contribution is 2.46. The van der Waals surface area contributed by atoms with Crippen molar-refractivity contribution >= 4 is 26.2 Å². The van der Waals surface area contributed by atoms with Crippen LogP contribution in [0.5, 0.6) is 0 Å². The predicted octanol–water partition coefficient (Wildman–Crippen LogP) is 2.30. The van der Waals surface area contributed by atoms with E-state index in [0.717, 1.165) is 11.4 Å². The molecule has 0 heterocycles. The maximum Gasteiger partial charge on any atom is 0.508 e. The summed E-state index contributed by atoms with van der Waals surface area (Å²) in [6.07, 6.45) is 1.66. The molecule has 0 saturated carbocycles. The molecular formula is CH3O2P2S+. The Balaban J connectivity index is 3.23. The fourth-order valence-corrected chi connectivity index (χ4v) is 0.900. The quantitative estimate of drug-likeness (QED) is 0.553. The summed E-state index contributed by atoms with van der Waals surface area (Å²) in [6.45, 7) is -1.49. The minimum atomic E-state index is -1.49. The zero-order chi connectivity index (χ0) is 4.99. The van der Waals surface area contributed by atoms with E-state index in [9.17, 15) is 9.13 Å². The first kappa shape index (κ1) is 6.55. The average molecular weight is 141 g/mol. The van der Waals surface area contributed by atoms with Crippen molar-refractivity contribution in [3.8, 4) is 0 Å². The van der Waals surface area contributed by atoms with Gasteiger partial charge in [-0.2, -0.15) is 0 Å². The molecule has 0 bridgehead atoms. The molecule has 0 rings (SSSR count). The summed E-state index contributed by atoms with van der Waals surface area (Å²) >= 11 is 1.11. The minimum Gasteiger partial charge on any atom is -0.212 e. The van der Waals surface area contributed by atoms with Crippen molar-refractivity contribution < 1.29 is 9.13 Å². The van der Waals surface area contributed by atoms with Gasteiger partial charge in [0.05, 0.1) is 0 Å². The molecule has 1 unspecified atom stereocenters. The van der Waals surface area contributed by atoms with Crippen molar-refractivity contribution in [3.63, 3.8) is 0 Å². The van der Waals surface area contributed by atoms with E-state index >= 15 is 0 Å². The molecule has 0 aromatic carbocycles. The van der Waals surface area contributed by atoms with Crippen LogP contribution in [0, 0.1) is 0 Å². The molecule has 2 nitrogen and oxygen atoms in total. The molecule has 1 atom stereocenters. The van der Waals surface area contributed by atoms with Crippen molar-refractivity contribution in [2.75, 3.05) is 6.26 Å². The second-order valence-corrected chi connectivity index (χ2v) is 5.99. The van der Waals surface area contributed by atoms with Gasteiger partial charge in [0.15, 0.2) is 0 Å². The molecule has 0 aromatic heterocycles. The molecule has 0 aliphatic heterocycles. The molecule has 0 saturated heterocycles. The first-order valence-corrected chi connectivity index (χ1v) is 5.76. The van der Waals surface area contributed by atoms with Crippen LogP contribution in [0.1, 0.15) is 0 Å². The predicted molar refractivity (Wildman–Crippen MR) is 28.7 cm³/mol. The van der Waals surface area contributed by atoms with Crippen LogP contribution in [0.2, 0.25) is 0 Å². The second-order valence-electron chi connectivity index (χ2n) is 0.502. The van der Waals surface area contributed by atoms with E-state index in [1.54, 1.807) is 6.26 Å². The van der Waals surface area contributed by atoms with E-state index in [-0.39, 0.29) is 8.15 Å². The van der Waals surface area contributed by atoms with Crippen molar-refractivity contribution in [1.29, 1.82) is 0 Å². The number of hydrogen-bond donors (Lipinski definition) is 0. The van der Waals surface area contributed by atoms with Gasteiger partial charge in [-0.3, -0.25) is 0 Å². The van der Waals surface area contributed by atoms with Crippen LogP contribution in [0.25, 0.3) is 0 Å². The zero-order valence-corrected chi connectivity index (χ0v) is 5.72. The number of hydrogen-bond acceptors (Lipinski definition) is 3. The molecule has 0 amide bonds. The van der Waals surface area contributed by atoms with Crippen LogP contribution in [-0.2, 0) is 9.13 Å². The molecular weight excluding hydrogens is 138 g/mol. The Morgan fingerprint density at radius 2 is 2.33 bits per heavy atom. The van der Waals surface area contributed by atoms with E-state index in [0.29, 0.717) is 0 Å². The van der Waals surface area contributed by atoms with Crippen LogP contribution in [0.15, 0.2) is 0 Å². The highest BCUT2D eigenvalue weighted by atomic mass is 32.9. The van der Waals surface area contributed by atoms with Crippen LogP contribution in [-0.4, -0.2) is 6.26 Å². The standard InChI is InChI=1S/CH3O2P2S/c1-6-5(3)4-2/h1H3/q+1. The van der Waals surface area contributed by atoms with Crippen LogP contribution in [0.4, 0.5) is 0 Å². The summed E-state index contributed by atoms with van der Waals surface area (Å²) in [5.41, 5.74) is 0. The lowest BCUT2D eigenvalue weighted by molar-refractivity contribution is 0.591. The van der Waals surface area contributed by atoms with Crippen molar-refractivity contribution in [2.45, 2.75) is 0 Å². The van der Waals surface area contributed by atoms with Gasteiger partial charge in [-0.25, -0.2) is 4.57 Å². The van der Waals surface area contributed by atoms with Gasteiger partial charge in [-0.15, -0.1) is 0 Å². The molecule has 34 valence electrons. The largest absolute Gasteiger partial charge is 0.508 e. The summed E-state index contributed by atoms with van der Waals surface area (Å²) in [5.74, 6) is 0. The molecule has 5 heteroatoms. The highest BCUT2D eigenvalue weighted by molar-refractivity contribution is 8.67. The SMILES string of the molecule is CS[P+](=O)P=O. The maximum atomic E-state index is 9.97. The Kier molecular flexibility index (Phi) is 4.07. The summed E-state index contributed by atoms with van der Waals surface area (Å²) in [7, 11) is -0.250. The molecule has 0 spiro atoms. The Morgan fingerprint density at radius 1 is 1.83 bits per heavy atom. The molecule has 6 heavy (non-hydrogen) atoms. The van der Waals surface area contributed by atoms with E-state index in [1.807, 2.05) is 0 Å². The maximum absolute atomic E-state index is 9.97. The number of rotatable bonds is 2. The highest BCUT2D eigenvalue weighted by Gasteiger charge is 2.11. The fourth-order valence-electron chi connectivity index (χ4n) is 0.0333. The molecule has 0 aromatic rings. The fraction of sp³-hybridized carbons (Fsp3) is 1.00. The van der Waals surface area contributed by atoms with Crippen LogP contribution >= 0.6 is 26.2 Å². The van der Waals surface area contributed by atoms with Crippen LogP contribution < -0.4 is 0 Å². The molecule has 0 N–H and O–H groups in total. The molecule has 0 aliphatic rings. The normalized spacial score (nSPS) is 11.8. The summed E-state index contributed by atoms with van der Waals surface area (Å²) in [4.78, 5) is 0. The van der Waals surface area contributed by atoms with E-state index in [1.165, 1.54) is 0 Å². The molecule has 0 aliphatic carbocycles. The minimum absolute atomic E-state index is 0.250. The van der Waals surface area contributed by atoms with Crippen molar-refractivity contribution in [2.24, 2.45) is 0 Å². The summed E-state index contributed by atoms with van der Waals surface area (Å²) in [6, 6.07) is 0. The third-order valence-corrected chi connectivity index (χ3v) is 4.08. The lowest BCUT2D eigenvalue weighted by Gasteiger charge is -1.50. The summed E-state index contributed by atoms with van der Waals surface area (Å²) in [5, 5.41) is 0. The van der Waals surface area contributed by atoms with Gasteiger partial charge in [-0.1, -0.05) is 0 Å². The molecule has 0 radical (unpaired) electrons. The average Bonchev–Trinajstić information content (AvgIpc) is 1.65. The van der Waals surface area contributed by atoms with Gasteiger partial charge in [0.1, 0.15) is 11.4 Å². The smallest absolute Gasteiger partial charge is 0.212 e. The Bertz CT molecular complexity index is 71.9. The first-order valence-electron chi connectivity index (χ1n) is 1.16. The summed E-state index contributed by atoms with van der Waals surface area (Å²) < 4.78 is 19.5. The van der Waals surface area contributed by atoms with Gasteiger partial charge < -0.3 is 0 Å². The van der Waals surface area contributed by atoms with Gasteiger partial charge >= 0.3 is 14.8 Å². The third kappa shape index (κ3) is 2.77. The van der Waals surface area contributed by atoms with E-state index in [2.05, 4.69) is 0 Å². The van der Waals surface area contributed by atoms with Gasteiger partial charge in [0.2, 0.25) is 0 Å².